The summed E-state index contributed by atoms with van der Waals surface area (Å²) in [6.45, 7) is 0. The predicted molar refractivity (Wildman–Crippen MR) is 153 cm³/mol. The third-order valence-electron chi connectivity index (χ3n) is 6.43. The molecular formula is C28H14Cl2N2O11S2. The van der Waals surface area contributed by atoms with Gasteiger partial charge in [0.25, 0.3) is 23.6 Å². The van der Waals surface area contributed by atoms with Crippen molar-refractivity contribution in [1.82, 2.24) is 10.1 Å². The Hall–Kier alpha value is -4.64. The zero-order valence-electron chi connectivity index (χ0n) is 22.0. The highest BCUT2D eigenvalue weighted by atomic mass is 35.5. The van der Waals surface area contributed by atoms with E-state index >= 15 is 0 Å². The van der Waals surface area contributed by atoms with Gasteiger partial charge in [0.2, 0.25) is 0 Å². The zero-order valence-corrected chi connectivity index (χ0v) is 25.2. The molecule has 0 aliphatic carbocycles. The maximum absolute atomic E-state index is 13.0. The molecule has 0 saturated carbocycles. The van der Waals surface area contributed by atoms with Gasteiger partial charge < -0.3 is 4.74 Å². The molecule has 4 aromatic carbocycles. The Balaban J connectivity index is 1.20. The van der Waals surface area contributed by atoms with Crippen LogP contribution in [0.5, 0.6) is 11.5 Å². The van der Waals surface area contributed by atoms with Crippen LogP contribution >= 0.6 is 23.2 Å². The topological polar surface area (TPSA) is 171 Å². The Kier molecular flexibility index (Phi) is 7.47. The third kappa shape index (κ3) is 5.56. The monoisotopic (exact) mass is 688 g/mol. The number of benzene rings is 4. The van der Waals surface area contributed by atoms with Crippen molar-refractivity contribution in [2.75, 3.05) is 0 Å². The van der Waals surface area contributed by atoms with Crippen LogP contribution in [-0.2, 0) is 28.8 Å². The minimum atomic E-state index is -4.57. The SMILES string of the molecule is O=C1c2ccc(Oc3ccc4c(c3)C(=O)N(OS(=O)(=O)c3ccc(Cl)cc3)C4=O)cc2C(=O)N1OS(=O)(=O)c1ccc(Cl)cc1. The highest BCUT2D eigenvalue weighted by molar-refractivity contribution is 7.87. The highest BCUT2D eigenvalue weighted by Crippen LogP contribution is 2.34. The molecule has 0 unspecified atom stereocenters. The second-order valence-corrected chi connectivity index (χ2v) is 13.2. The first-order valence-corrected chi connectivity index (χ1v) is 16.0. The van der Waals surface area contributed by atoms with Crippen molar-refractivity contribution in [2.24, 2.45) is 0 Å². The van der Waals surface area contributed by atoms with E-state index in [4.69, 9.17) is 36.5 Å². The Labute approximate surface area is 264 Å². The molecule has 228 valence electrons. The second-order valence-electron chi connectivity index (χ2n) is 9.29. The molecule has 0 radical (unpaired) electrons. The van der Waals surface area contributed by atoms with Gasteiger partial charge in [0.05, 0.1) is 32.0 Å². The first-order chi connectivity index (χ1) is 21.2. The van der Waals surface area contributed by atoms with Crippen LogP contribution in [0.3, 0.4) is 0 Å². The van der Waals surface area contributed by atoms with Gasteiger partial charge in [-0.3, -0.25) is 19.2 Å². The highest BCUT2D eigenvalue weighted by Gasteiger charge is 2.42. The Morgan fingerprint density at radius 3 is 1.16 bits per heavy atom. The largest absolute Gasteiger partial charge is 0.457 e. The predicted octanol–water partition coefficient (Wildman–Crippen LogP) is 4.62. The van der Waals surface area contributed by atoms with E-state index in [2.05, 4.69) is 0 Å². The van der Waals surface area contributed by atoms with Gasteiger partial charge in [-0.15, -0.1) is 18.7 Å². The molecule has 17 heteroatoms. The average molecular weight is 689 g/mol. The summed E-state index contributed by atoms with van der Waals surface area (Å²) in [5, 5.41) is 0.721. The number of hydrogen-bond donors (Lipinski definition) is 0. The lowest BCUT2D eigenvalue weighted by Gasteiger charge is -2.13. The summed E-state index contributed by atoms with van der Waals surface area (Å²) in [6, 6.07) is 17.1. The van der Waals surface area contributed by atoms with E-state index in [0.717, 1.165) is 36.4 Å². The van der Waals surface area contributed by atoms with Crippen molar-refractivity contribution in [3.63, 3.8) is 0 Å². The summed E-state index contributed by atoms with van der Waals surface area (Å²) in [5.41, 5.74) is -0.794. The van der Waals surface area contributed by atoms with Crippen molar-refractivity contribution in [3.05, 3.63) is 117 Å². The number of halogens is 2. The molecule has 0 atom stereocenters. The zero-order chi connectivity index (χ0) is 32.3. The van der Waals surface area contributed by atoms with Crippen molar-refractivity contribution in [1.29, 1.82) is 0 Å². The number of nitrogens with zero attached hydrogens (tertiary/aromatic N) is 2. The van der Waals surface area contributed by atoms with Crippen molar-refractivity contribution >= 4 is 67.1 Å². The molecule has 0 N–H and O–H groups in total. The number of carbonyl (C=O) groups excluding carboxylic acids is 4. The van der Waals surface area contributed by atoms with Crippen LogP contribution in [0, 0.1) is 0 Å². The molecule has 4 amide bonds. The van der Waals surface area contributed by atoms with E-state index in [-0.39, 0.29) is 63.7 Å². The van der Waals surface area contributed by atoms with Crippen molar-refractivity contribution in [3.8, 4) is 11.5 Å². The Bertz CT molecular complexity index is 2020. The van der Waals surface area contributed by atoms with Crippen LogP contribution in [0.4, 0.5) is 0 Å². The van der Waals surface area contributed by atoms with Crippen LogP contribution in [-0.4, -0.2) is 50.6 Å². The van der Waals surface area contributed by atoms with Gasteiger partial charge in [-0.1, -0.05) is 23.2 Å². The number of ether oxygens (including phenoxy) is 1. The number of rotatable bonds is 8. The van der Waals surface area contributed by atoms with Crippen LogP contribution in [0.25, 0.3) is 0 Å². The number of imide groups is 2. The van der Waals surface area contributed by atoms with E-state index in [0.29, 0.717) is 0 Å². The second kappa shape index (κ2) is 11.1. The van der Waals surface area contributed by atoms with Gasteiger partial charge in [0.15, 0.2) is 0 Å². The smallest absolute Gasteiger partial charge is 0.318 e. The minimum Gasteiger partial charge on any atom is -0.457 e. The van der Waals surface area contributed by atoms with E-state index in [9.17, 15) is 36.0 Å². The lowest BCUT2D eigenvalue weighted by Crippen LogP contribution is -2.32. The molecule has 0 bridgehead atoms. The fourth-order valence-corrected chi connectivity index (χ4v) is 6.31. The van der Waals surface area contributed by atoms with E-state index in [1.165, 1.54) is 48.5 Å². The Morgan fingerprint density at radius 1 is 0.467 bits per heavy atom. The maximum atomic E-state index is 13.0. The molecule has 0 fully saturated rings. The summed E-state index contributed by atoms with van der Waals surface area (Å²) < 4.78 is 65.9. The standard InChI is InChI=1S/C28H14Cl2N2O11S2/c29-15-1-7-19(8-2-15)44(37,38)42-31-25(33)21-11-5-17(13-23(21)27(31)35)41-18-6-12-22-24(14-18)28(36)32(26(22)34)43-45(39,40)20-9-3-16(30)4-10-20/h1-14H. The fourth-order valence-electron chi connectivity index (χ4n) is 4.28. The number of amides is 4. The van der Waals surface area contributed by atoms with Crippen molar-refractivity contribution in [2.45, 2.75) is 9.79 Å². The van der Waals surface area contributed by atoms with Crippen LogP contribution < -0.4 is 4.74 Å². The summed E-state index contributed by atoms with van der Waals surface area (Å²) in [6.07, 6.45) is 0. The fraction of sp³-hybridized carbons (Fsp3) is 0. The van der Waals surface area contributed by atoms with Crippen LogP contribution in [0.15, 0.2) is 94.7 Å². The molecule has 45 heavy (non-hydrogen) atoms. The lowest BCUT2D eigenvalue weighted by molar-refractivity contribution is -0.0107. The van der Waals surface area contributed by atoms with E-state index < -0.39 is 43.9 Å². The average Bonchev–Trinajstić information content (AvgIpc) is 3.36. The molecule has 4 aromatic rings. The molecule has 0 saturated heterocycles. The molecule has 2 aliphatic rings. The van der Waals surface area contributed by atoms with E-state index in [1.807, 2.05) is 0 Å². The summed E-state index contributed by atoms with van der Waals surface area (Å²) in [7, 11) is -9.15. The number of fused-ring (bicyclic) bond motifs is 2. The molecule has 2 aliphatic heterocycles. The first kappa shape index (κ1) is 30.4. The lowest BCUT2D eigenvalue weighted by atomic mass is 10.1. The van der Waals surface area contributed by atoms with Gasteiger partial charge in [-0.2, -0.15) is 16.8 Å². The van der Waals surface area contributed by atoms with Gasteiger partial charge in [-0.25, -0.2) is 0 Å². The third-order valence-corrected chi connectivity index (χ3v) is 9.32. The molecule has 0 spiro atoms. The summed E-state index contributed by atoms with van der Waals surface area (Å²) in [4.78, 5) is 50.8. The quantitative estimate of drug-likeness (QED) is 0.237. The van der Waals surface area contributed by atoms with Crippen molar-refractivity contribution < 1.29 is 49.3 Å². The van der Waals surface area contributed by atoms with Gasteiger partial charge >= 0.3 is 20.2 Å². The molecular weight excluding hydrogens is 675 g/mol. The normalized spacial score (nSPS) is 14.6. The number of hydroxylamine groups is 4. The van der Waals surface area contributed by atoms with Crippen LogP contribution in [0.2, 0.25) is 10.0 Å². The van der Waals surface area contributed by atoms with Gasteiger partial charge in [0, 0.05) is 10.0 Å². The minimum absolute atomic E-state index is 0.00699. The summed E-state index contributed by atoms with van der Waals surface area (Å²) >= 11 is 11.6. The van der Waals surface area contributed by atoms with E-state index in [1.54, 1.807) is 0 Å². The maximum Gasteiger partial charge on any atom is 0.318 e. The van der Waals surface area contributed by atoms with Gasteiger partial charge in [-0.05, 0) is 84.9 Å². The number of hydrogen-bond acceptors (Lipinski definition) is 11. The molecule has 6 rings (SSSR count). The van der Waals surface area contributed by atoms with Gasteiger partial charge in [0.1, 0.15) is 11.5 Å². The Morgan fingerprint density at radius 2 is 0.800 bits per heavy atom. The number of carbonyl (C=O) groups is 4. The molecule has 2 heterocycles. The van der Waals surface area contributed by atoms with Crippen LogP contribution in [0.1, 0.15) is 41.4 Å². The molecule has 0 aromatic heterocycles. The first-order valence-electron chi connectivity index (χ1n) is 12.4. The summed E-state index contributed by atoms with van der Waals surface area (Å²) in [5.74, 6) is -4.24. The molecule has 13 nitrogen and oxygen atoms in total.